The summed E-state index contributed by atoms with van der Waals surface area (Å²) >= 11 is 0. The molecule has 0 heterocycles. The highest BCUT2D eigenvalue weighted by molar-refractivity contribution is 7.86. The van der Waals surface area contributed by atoms with Crippen LogP contribution in [-0.4, -0.2) is 38.1 Å². The highest BCUT2D eigenvalue weighted by atomic mass is 32.2. The van der Waals surface area contributed by atoms with Crippen molar-refractivity contribution in [1.82, 2.24) is 0 Å². The van der Waals surface area contributed by atoms with Crippen molar-refractivity contribution in [3.05, 3.63) is 0 Å². The zero-order valence-electron chi connectivity index (χ0n) is 6.52. The van der Waals surface area contributed by atoms with Crippen molar-refractivity contribution in [3.8, 4) is 0 Å². The summed E-state index contributed by atoms with van der Waals surface area (Å²) in [6.07, 6.45) is 0. The van der Waals surface area contributed by atoms with Crippen molar-refractivity contribution in [1.29, 1.82) is 0 Å². The second kappa shape index (κ2) is 5.07. The molecule has 72 valence electrons. The highest BCUT2D eigenvalue weighted by Gasteiger charge is 2.13. The first-order chi connectivity index (χ1) is 5.45. The Morgan fingerprint density at radius 2 is 2.08 bits per heavy atom. The fraction of sp³-hybridized carbons (Fsp3) is 0.800. The van der Waals surface area contributed by atoms with Crippen molar-refractivity contribution in [2.75, 3.05) is 19.2 Å². The number of rotatable bonds is 5. The Bertz CT molecular complexity index is 230. The van der Waals surface area contributed by atoms with Crippen LogP contribution < -0.4 is 0 Å². The SMILES string of the molecule is CCOCOC(=O)CS(=O)(=O)O. The van der Waals surface area contributed by atoms with E-state index in [0.717, 1.165) is 0 Å². The first-order valence-corrected chi connectivity index (χ1v) is 4.75. The van der Waals surface area contributed by atoms with Gasteiger partial charge in [-0.15, -0.1) is 0 Å². The maximum Gasteiger partial charge on any atom is 0.325 e. The van der Waals surface area contributed by atoms with Gasteiger partial charge in [0.1, 0.15) is 0 Å². The molecule has 0 atom stereocenters. The maximum atomic E-state index is 10.5. The third-order valence-corrected chi connectivity index (χ3v) is 1.41. The predicted molar refractivity (Wildman–Crippen MR) is 39.0 cm³/mol. The largest absolute Gasteiger partial charge is 0.438 e. The van der Waals surface area contributed by atoms with Crippen LogP contribution in [0.2, 0.25) is 0 Å². The smallest absolute Gasteiger partial charge is 0.325 e. The van der Waals surface area contributed by atoms with Gasteiger partial charge < -0.3 is 9.47 Å². The van der Waals surface area contributed by atoms with Gasteiger partial charge in [-0.1, -0.05) is 0 Å². The van der Waals surface area contributed by atoms with E-state index >= 15 is 0 Å². The Balaban J connectivity index is 3.62. The third-order valence-electron chi connectivity index (χ3n) is 0.808. The van der Waals surface area contributed by atoms with Gasteiger partial charge >= 0.3 is 5.97 Å². The molecule has 0 fully saturated rings. The minimum absolute atomic E-state index is 0.301. The summed E-state index contributed by atoms with van der Waals surface area (Å²) in [4.78, 5) is 10.5. The molecule has 0 bridgehead atoms. The van der Waals surface area contributed by atoms with Crippen molar-refractivity contribution >= 4 is 16.1 Å². The Kier molecular flexibility index (Phi) is 4.79. The zero-order valence-corrected chi connectivity index (χ0v) is 7.33. The van der Waals surface area contributed by atoms with Gasteiger partial charge in [0, 0.05) is 6.61 Å². The van der Waals surface area contributed by atoms with Crippen molar-refractivity contribution < 1.29 is 27.2 Å². The lowest BCUT2D eigenvalue weighted by molar-refractivity contribution is -0.152. The quantitative estimate of drug-likeness (QED) is 0.275. The van der Waals surface area contributed by atoms with Crippen molar-refractivity contribution in [3.63, 3.8) is 0 Å². The molecule has 0 aliphatic heterocycles. The molecule has 0 amide bonds. The van der Waals surface area contributed by atoms with Gasteiger partial charge in [0.2, 0.25) is 0 Å². The molecule has 1 N–H and O–H groups in total. The summed E-state index contributed by atoms with van der Waals surface area (Å²) < 4.78 is 37.2. The molecular formula is C5H10O6S. The van der Waals surface area contributed by atoms with E-state index in [1.807, 2.05) is 0 Å². The fourth-order valence-corrected chi connectivity index (χ4v) is 0.763. The molecular weight excluding hydrogens is 188 g/mol. The molecule has 0 unspecified atom stereocenters. The van der Waals surface area contributed by atoms with E-state index in [2.05, 4.69) is 9.47 Å². The van der Waals surface area contributed by atoms with Gasteiger partial charge in [0.25, 0.3) is 10.1 Å². The number of carbonyl (C=O) groups excluding carboxylic acids is 1. The number of hydrogen-bond acceptors (Lipinski definition) is 5. The van der Waals surface area contributed by atoms with Crippen molar-refractivity contribution in [2.45, 2.75) is 6.92 Å². The van der Waals surface area contributed by atoms with E-state index in [4.69, 9.17) is 4.55 Å². The van der Waals surface area contributed by atoms with Crippen LogP contribution >= 0.6 is 0 Å². The highest BCUT2D eigenvalue weighted by Crippen LogP contribution is 1.86. The monoisotopic (exact) mass is 198 g/mol. The van der Waals surface area contributed by atoms with E-state index in [9.17, 15) is 13.2 Å². The van der Waals surface area contributed by atoms with Gasteiger partial charge in [0.05, 0.1) is 0 Å². The standard InChI is InChI=1S/C5H10O6S/c1-2-10-4-11-5(6)3-12(7,8)9/h2-4H2,1H3,(H,7,8,9). The number of ether oxygens (including phenoxy) is 2. The summed E-state index contributed by atoms with van der Waals surface area (Å²) in [5, 5.41) is 0. The number of hydrogen-bond donors (Lipinski definition) is 1. The minimum Gasteiger partial charge on any atom is -0.438 e. The summed E-state index contributed by atoms with van der Waals surface area (Å²) in [5.74, 6) is -2.08. The molecule has 12 heavy (non-hydrogen) atoms. The van der Waals surface area contributed by atoms with Crippen molar-refractivity contribution in [2.24, 2.45) is 0 Å². The lowest BCUT2D eigenvalue weighted by Crippen LogP contribution is -2.18. The molecule has 0 spiro atoms. The summed E-state index contributed by atoms with van der Waals surface area (Å²) in [5.41, 5.74) is 0. The molecule has 0 radical (unpaired) electrons. The van der Waals surface area contributed by atoms with Crippen LogP contribution in [-0.2, 0) is 24.4 Å². The fourth-order valence-electron chi connectivity index (χ4n) is 0.381. The maximum absolute atomic E-state index is 10.5. The summed E-state index contributed by atoms with van der Waals surface area (Å²) in [6, 6.07) is 0. The van der Waals surface area contributed by atoms with E-state index in [0.29, 0.717) is 6.61 Å². The van der Waals surface area contributed by atoms with Gasteiger partial charge in [-0.25, -0.2) is 0 Å². The molecule has 0 saturated carbocycles. The molecule has 0 aromatic carbocycles. The van der Waals surface area contributed by atoms with Crippen LogP contribution in [0.1, 0.15) is 6.92 Å². The molecule has 7 heteroatoms. The van der Waals surface area contributed by atoms with E-state index < -0.39 is 21.8 Å². The summed E-state index contributed by atoms with van der Waals surface area (Å²) in [6.45, 7) is 1.75. The van der Waals surface area contributed by atoms with E-state index in [-0.39, 0.29) is 6.79 Å². The first kappa shape index (κ1) is 11.3. The number of carbonyl (C=O) groups is 1. The normalized spacial score (nSPS) is 11.2. The topological polar surface area (TPSA) is 89.9 Å². The average Bonchev–Trinajstić information content (AvgIpc) is 1.84. The van der Waals surface area contributed by atoms with Crippen LogP contribution in [0.15, 0.2) is 0 Å². The van der Waals surface area contributed by atoms with E-state index in [1.54, 1.807) is 6.92 Å². The van der Waals surface area contributed by atoms with Crippen LogP contribution in [0.3, 0.4) is 0 Å². The minimum atomic E-state index is -4.29. The molecule has 6 nitrogen and oxygen atoms in total. The van der Waals surface area contributed by atoms with Crippen LogP contribution in [0.5, 0.6) is 0 Å². The first-order valence-electron chi connectivity index (χ1n) is 3.14. The summed E-state index contributed by atoms with van der Waals surface area (Å²) in [7, 11) is -4.29. The van der Waals surface area contributed by atoms with Crippen LogP contribution in [0.25, 0.3) is 0 Å². The average molecular weight is 198 g/mol. The Morgan fingerprint density at radius 1 is 1.50 bits per heavy atom. The van der Waals surface area contributed by atoms with Gasteiger partial charge in [-0.2, -0.15) is 8.42 Å². The molecule has 0 aliphatic carbocycles. The lowest BCUT2D eigenvalue weighted by Gasteiger charge is -2.01. The number of esters is 1. The second-order valence-electron chi connectivity index (χ2n) is 1.85. The second-order valence-corrected chi connectivity index (χ2v) is 3.31. The third kappa shape index (κ3) is 7.45. The molecule has 0 saturated heterocycles. The Hall–Kier alpha value is -0.660. The Labute approximate surface area is 70.2 Å². The predicted octanol–water partition coefficient (Wildman–Crippen LogP) is -0.589. The van der Waals surface area contributed by atoms with Gasteiger partial charge in [-0.3, -0.25) is 9.35 Å². The molecule has 0 aromatic rings. The van der Waals surface area contributed by atoms with Gasteiger partial charge in [0.15, 0.2) is 12.5 Å². The van der Waals surface area contributed by atoms with Gasteiger partial charge in [-0.05, 0) is 6.92 Å². The molecule has 0 rings (SSSR count). The molecule has 0 aromatic heterocycles. The lowest BCUT2D eigenvalue weighted by atomic mass is 10.8. The zero-order chi connectivity index (χ0) is 9.61. The molecule has 0 aliphatic rings. The van der Waals surface area contributed by atoms with Crippen LogP contribution in [0, 0.1) is 0 Å². The van der Waals surface area contributed by atoms with Crippen LogP contribution in [0.4, 0.5) is 0 Å². The van der Waals surface area contributed by atoms with E-state index in [1.165, 1.54) is 0 Å². The Morgan fingerprint density at radius 3 is 2.50 bits per heavy atom.